The van der Waals surface area contributed by atoms with E-state index in [1.54, 1.807) is 24.3 Å². The molecule has 1 unspecified atom stereocenters. The van der Waals surface area contributed by atoms with Crippen molar-refractivity contribution in [2.24, 2.45) is 0 Å². The number of aliphatic hydroxyl groups is 1. The van der Waals surface area contributed by atoms with Gasteiger partial charge < -0.3 is 5.11 Å². The molecule has 0 heterocycles. The molecule has 0 fully saturated rings. The van der Waals surface area contributed by atoms with Crippen LogP contribution in [0.1, 0.15) is 28.4 Å². The first-order chi connectivity index (χ1) is 8.49. The summed E-state index contributed by atoms with van der Waals surface area (Å²) in [5, 5.41) is 11.0. The second kappa shape index (κ2) is 5.09. The third-order valence-electron chi connectivity index (χ3n) is 3.06. The molecule has 2 rings (SSSR count). The van der Waals surface area contributed by atoms with Crippen LogP contribution in [0.25, 0.3) is 0 Å². The minimum atomic E-state index is -0.835. The van der Waals surface area contributed by atoms with Crippen molar-refractivity contribution < 1.29 is 9.50 Å². The smallest absolute Gasteiger partial charge is 0.123 e. The fourth-order valence-corrected chi connectivity index (χ4v) is 2.25. The molecule has 0 aliphatic rings. The zero-order valence-corrected chi connectivity index (χ0v) is 11.0. The van der Waals surface area contributed by atoms with Crippen molar-refractivity contribution in [2.45, 2.75) is 20.0 Å². The second-order valence-corrected chi connectivity index (χ2v) is 4.84. The van der Waals surface area contributed by atoms with Gasteiger partial charge in [0.05, 0.1) is 0 Å². The molecule has 3 heteroatoms. The molecule has 0 saturated carbocycles. The van der Waals surface area contributed by atoms with Crippen molar-refractivity contribution in [1.82, 2.24) is 0 Å². The number of hydrogen-bond acceptors (Lipinski definition) is 1. The highest BCUT2D eigenvalue weighted by Gasteiger charge is 2.15. The van der Waals surface area contributed by atoms with E-state index in [4.69, 9.17) is 11.6 Å². The van der Waals surface area contributed by atoms with Gasteiger partial charge in [-0.1, -0.05) is 23.7 Å². The minimum absolute atomic E-state index is 0.346. The van der Waals surface area contributed by atoms with Crippen LogP contribution in [-0.2, 0) is 0 Å². The van der Waals surface area contributed by atoms with Gasteiger partial charge >= 0.3 is 0 Å². The van der Waals surface area contributed by atoms with Crippen molar-refractivity contribution in [3.63, 3.8) is 0 Å². The molecule has 2 aromatic rings. The van der Waals surface area contributed by atoms with Crippen LogP contribution in [0.2, 0.25) is 5.02 Å². The van der Waals surface area contributed by atoms with E-state index in [1.807, 2.05) is 13.8 Å². The molecule has 1 N–H and O–H groups in total. The Morgan fingerprint density at radius 1 is 1.00 bits per heavy atom. The first-order valence-corrected chi connectivity index (χ1v) is 6.07. The number of aliphatic hydroxyl groups excluding tert-OH is 1. The molecule has 0 aromatic heterocycles. The largest absolute Gasteiger partial charge is 0.384 e. The summed E-state index contributed by atoms with van der Waals surface area (Å²) >= 11 is 5.88. The van der Waals surface area contributed by atoms with E-state index in [1.165, 1.54) is 12.1 Å². The van der Waals surface area contributed by atoms with Crippen LogP contribution in [0.5, 0.6) is 0 Å². The fourth-order valence-electron chi connectivity index (χ4n) is 2.02. The number of hydrogen-bond donors (Lipinski definition) is 1. The Bertz CT molecular complexity index is 581. The van der Waals surface area contributed by atoms with Gasteiger partial charge in [0.1, 0.15) is 11.9 Å². The van der Waals surface area contributed by atoms with Gasteiger partial charge in [0.25, 0.3) is 0 Å². The van der Waals surface area contributed by atoms with Gasteiger partial charge in [0, 0.05) is 5.02 Å². The average molecular weight is 265 g/mol. The average Bonchev–Trinajstić information content (AvgIpc) is 2.31. The van der Waals surface area contributed by atoms with E-state index in [9.17, 15) is 9.50 Å². The van der Waals surface area contributed by atoms with Crippen molar-refractivity contribution in [1.29, 1.82) is 0 Å². The topological polar surface area (TPSA) is 20.2 Å². The molecule has 0 radical (unpaired) electrons. The Labute approximate surface area is 111 Å². The summed E-state index contributed by atoms with van der Waals surface area (Å²) in [6.07, 6.45) is -0.835. The Morgan fingerprint density at radius 2 is 1.72 bits per heavy atom. The maximum atomic E-state index is 13.3. The van der Waals surface area contributed by atoms with E-state index in [-0.39, 0.29) is 5.82 Å². The fraction of sp³-hybridized carbons (Fsp3) is 0.200. The zero-order chi connectivity index (χ0) is 13.3. The van der Waals surface area contributed by atoms with Gasteiger partial charge in [0.2, 0.25) is 0 Å². The highest BCUT2D eigenvalue weighted by atomic mass is 35.5. The summed E-state index contributed by atoms with van der Waals surface area (Å²) < 4.78 is 13.3. The highest BCUT2D eigenvalue weighted by molar-refractivity contribution is 6.30. The zero-order valence-electron chi connectivity index (χ0n) is 10.2. The predicted molar refractivity (Wildman–Crippen MR) is 71.4 cm³/mol. The lowest BCUT2D eigenvalue weighted by molar-refractivity contribution is 0.218. The molecule has 0 saturated heterocycles. The van der Waals surface area contributed by atoms with Crippen LogP contribution < -0.4 is 0 Å². The normalized spacial score (nSPS) is 12.5. The molecule has 0 bridgehead atoms. The molecule has 18 heavy (non-hydrogen) atoms. The van der Waals surface area contributed by atoms with E-state index in [0.29, 0.717) is 10.6 Å². The monoisotopic (exact) mass is 264 g/mol. The van der Waals surface area contributed by atoms with E-state index in [2.05, 4.69) is 0 Å². The molecule has 2 aromatic carbocycles. The Hall–Kier alpha value is -1.38. The summed E-state index contributed by atoms with van der Waals surface area (Å²) in [6, 6.07) is 9.70. The van der Waals surface area contributed by atoms with Gasteiger partial charge in [0.15, 0.2) is 0 Å². The third kappa shape index (κ3) is 2.55. The Balaban J connectivity index is 2.47. The third-order valence-corrected chi connectivity index (χ3v) is 3.30. The van der Waals surface area contributed by atoms with Crippen LogP contribution >= 0.6 is 11.6 Å². The first-order valence-electron chi connectivity index (χ1n) is 5.69. The SMILES string of the molecule is Cc1cc(Cl)ccc1C(O)c1cc(F)ccc1C. The molecule has 0 spiro atoms. The number of halogens is 2. The van der Waals surface area contributed by atoms with Gasteiger partial charge in [-0.25, -0.2) is 4.39 Å². The lowest BCUT2D eigenvalue weighted by Crippen LogP contribution is -2.04. The van der Waals surface area contributed by atoms with Crippen LogP contribution in [0.3, 0.4) is 0 Å². The Kier molecular flexibility index (Phi) is 3.69. The van der Waals surface area contributed by atoms with Gasteiger partial charge in [-0.3, -0.25) is 0 Å². The number of rotatable bonds is 2. The lowest BCUT2D eigenvalue weighted by atomic mass is 9.94. The summed E-state index contributed by atoms with van der Waals surface area (Å²) in [7, 11) is 0. The summed E-state index contributed by atoms with van der Waals surface area (Å²) in [4.78, 5) is 0. The standard InChI is InChI=1S/C15H14ClFO/c1-9-3-5-12(17)8-14(9)15(18)13-6-4-11(16)7-10(13)2/h3-8,15,18H,1-2H3. The molecule has 0 aliphatic heterocycles. The summed E-state index contributed by atoms with van der Waals surface area (Å²) in [5.41, 5.74) is 3.07. The van der Waals surface area contributed by atoms with Crippen LogP contribution in [-0.4, -0.2) is 5.11 Å². The molecular formula is C15H14ClFO. The summed E-state index contributed by atoms with van der Waals surface area (Å²) in [6.45, 7) is 3.72. The van der Waals surface area contributed by atoms with Crippen LogP contribution in [0.4, 0.5) is 4.39 Å². The number of aryl methyl sites for hydroxylation is 2. The van der Waals surface area contributed by atoms with Crippen molar-refractivity contribution in [3.05, 3.63) is 69.5 Å². The Morgan fingerprint density at radius 3 is 2.39 bits per heavy atom. The van der Waals surface area contributed by atoms with Crippen molar-refractivity contribution in [3.8, 4) is 0 Å². The highest BCUT2D eigenvalue weighted by Crippen LogP contribution is 2.29. The van der Waals surface area contributed by atoms with E-state index >= 15 is 0 Å². The predicted octanol–water partition coefficient (Wildman–Crippen LogP) is 4.18. The summed E-state index contributed by atoms with van der Waals surface area (Å²) in [5.74, 6) is -0.346. The molecular weight excluding hydrogens is 251 g/mol. The maximum absolute atomic E-state index is 13.3. The van der Waals surface area contributed by atoms with Crippen LogP contribution in [0, 0.1) is 19.7 Å². The molecule has 1 nitrogen and oxygen atoms in total. The molecule has 0 amide bonds. The van der Waals surface area contributed by atoms with E-state index in [0.717, 1.165) is 16.7 Å². The molecule has 1 atom stereocenters. The van der Waals surface area contributed by atoms with Crippen molar-refractivity contribution >= 4 is 11.6 Å². The first kappa shape index (κ1) is 13.1. The maximum Gasteiger partial charge on any atom is 0.123 e. The van der Waals surface area contributed by atoms with Crippen LogP contribution in [0.15, 0.2) is 36.4 Å². The quantitative estimate of drug-likeness (QED) is 0.863. The van der Waals surface area contributed by atoms with Gasteiger partial charge in [-0.2, -0.15) is 0 Å². The minimum Gasteiger partial charge on any atom is -0.384 e. The number of benzene rings is 2. The van der Waals surface area contributed by atoms with Gasteiger partial charge in [-0.15, -0.1) is 0 Å². The van der Waals surface area contributed by atoms with Gasteiger partial charge in [-0.05, 0) is 60.4 Å². The second-order valence-electron chi connectivity index (χ2n) is 4.40. The van der Waals surface area contributed by atoms with Crippen molar-refractivity contribution in [2.75, 3.05) is 0 Å². The van der Waals surface area contributed by atoms with E-state index < -0.39 is 6.10 Å². The lowest BCUT2D eigenvalue weighted by Gasteiger charge is -2.16. The molecule has 94 valence electrons. The molecule has 0 aliphatic carbocycles.